The normalized spacial score (nSPS) is 12.3. The van der Waals surface area contributed by atoms with E-state index in [4.69, 9.17) is 4.74 Å². The summed E-state index contributed by atoms with van der Waals surface area (Å²) in [5.41, 5.74) is 1.23. The van der Waals surface area contributed by atoms with Crippen molar-refractivity contribution < 1.29 is 4.74 Å². The van der Waals surface area contributed by atoms with Crippen molar-refractivity contribution in [2.24, 2.45) is 0 Å². The summed E-state index contributed by atoms with van der Waals surface area (Å²) in [5.74, 6) is 0. The van der Waals surface area contributed by atoms with E-state index in [1.165, 1.54) is 5.56 Å². The van der Waals surface area contributed by atoms with Gasteiger partial charge in [-0.1, -0.05) is 30.3 Å². The van der Waals surface area contributed by atoms with E-state index in [-0.39, 0.29) is 6.10 Å². The van der Waals surface area contributed by atoms with Crippen LogP contribution >= 0.6 is 11.3 Å². The van der Waals surface area contributed by atoms with Crippen LogP contribution in [0.3, 0.4) is 0 Å². The molecule has 0 bridgehead atoms. The number of nitrogens with one attached hydrogen (secondary N) is 1. The molecular formula is C14H17NOS. The summed E-state index contributed by atoms with van der Waals surface area (Å²) < 4.78 is 6.02. The number of rotatable bonds is 6. The highest BCUT2D eigenvalue weighted by Gasteiger charge is 2.12. The second-order valence-electron chi connectivity index (χ2n) is 3.84. The first-order valence-corrected chi connectivity index (χ1v) is 6.68. The number of hydrogen-bond donors (Lipinski definition) is 1. The second-order valence-corrected chi connectivity index (χ2v) is 4.75. The summed E-state index contributed by atoms with van der Waals surface area (Å²) >= 11 is 1.64. The third kappa shape index (κ3) is 3.58. The van der Waals surface area contributed by atoms with E-state index in [1.807, 2.05) is 30.6 Å². The van der Waals surface area contributed by atoms with Crippen LogP contribution in [-0.2, 0) is 0 Å². The van der Waals surface area contributed by atoms with Gasteiger partial charge in [0.2, 0.25) is 0 Å². The molecule has 1 N–H and O–H groups in total. The third-order valence-corrected chi connectivity index (χ3v) is 3.34. The minimum absolute atomic E-state index is 0.127. The molecule has 0 saturated heterocycles. The van der Waals surface area contributed by atoms with Crippen LogP contribution in [0.25, 0.3) is 0 Å². The van der Waals surface area contributed by atoms with Gasteiger partial charge < -0.3 is 10.1 Å². The molecule has 0 radical (unpaired) electrons. The lowest BCUT2D eigenvalue weighted by Gasteiger charge is -2.18. The van der Waals surface area contributed by atoms with E-state index in [1.54, 1.807) is 11.3 Å². The minimum atomic E-state index is 0.127. The van der Waals surface area contributed by atoms with Crippen LogP contribution in [-0.4, -0.2) is 13.6 Å². The number of hydrogen-bond acceptors (Lipinski definition) is 3. The molecule has 17 heavy (non-hydrogen) atoms. The minimum Gasteiger partial charge on any atom is -0.476 e. The molecule has 2 nitrogen and oxygen atoms in total. The predicted octanol–water partition coefficient (Wildman–Crippen LogP) is 3.48. The Labute approximate surface area is 106 Å². The van der Waals surface area contributed by atoms with Crippen LogP contribution < -0.4 is 10.1 Å². The van der Waals surface area contributed by atoms with Crippen molar-refractivity contribution in [1.29, 1.82) is 0 Å². The molecule has 0 amide bonds. The SMILES string of the molecule is CNCCC(Oc1cccs1)c1ccccc1. The molecule has 1 heterocycles. The molecule has 2 aromatic rings. The first-order valence-electron chi connectivity index (χ1n) is 5.80. The number of ether oxygens (including phenoxy) is 1. The molecule has 1 unspecified atom stereocenters. The highest BCUT2D eigenvalue weighted by molar-refractivity contribution is 7.11. The van der Waals surface area contributed by atoms with E-state index < -0.39 is 0 Å². The summed E-state index contributed by atoms with van der Waals surface area (Å²) in [6, 6.07) is 14.4. The van der Waals surface area contributed by atoms with Gasteiger partial charge in [0.25, 0.3) is 0 Å². The van der Waals surface area contributed by atoms with Gasteiger partial charge in [-0.05, 0) is 36.7 Å². The predicted molar refractivity (Wildman–Crippen MR) is 72.7 cm³/mol. The van der Waals surface area contributed by atoms with Gasteiger partial charge in [-0.3, -0.25) is 0 Å². The summed E-state index contributed by atoms with van der Waals surface area (Å²) in [7, 11) is 1.97. The highest BCUT2D eigenvalue weighted by Crippen LogP contribution is 2.27. The molecule has 90 valence electrons. The Balaban J connectivity index is 2.08. The number of benzene rings is 1. The van der Waals surface area contributed by atoms with Crippen LogP contribution in [0.5, 0.6) is 5.06 Å². The van der Waals surface area contributed by atoms with Crippen LogP contribution in [0.1, 0.15) is 18.1 Å². The summed E-state index contributed by atoms with van der Waals surface area (Å²) in [4.78, 5) is 0. The monoisotopic (exact) mass is 247 g/mol. The zero-order valence-corrected chi connectivity index (χ0v) is 10.7. The van der Waals surface area contributed by atoms with Gasteiger partial charge in [-0.25, -0.2) is 0 Å². The van der Waals surface area contributed by atoms with E-state index in [0.717, 1.165) is 18.0 Å². The molecule has 0 aliphatic rings. The van der Waals surface area contributed by atoms with Crippen molar-refractivity contribution in [2.45, 2.75) is 12.5 Å². The van der Waals surface area contributed by atoms with Crippen molar-refractivity contribution in [3.8, 4) is 5.06 Å². The average molecular weight is 247 g/mol. The van der Waals surface area contributed by atoms with Gasteiger partial charge in [-0.2, -0.15) is 0 Å². The summed E-state index contributed by atoms with van der Waals surface area (Å²) in [5, 5.41) is 6.19. The van der Waals surface area contributed by atoms with E-state index in [2.05, 4.69) is 29.6 Å². The van der Waals surface area contributed by atoms with Crippen molar-refractivity contribution in [3.63, 3.8) is 0 Å². The Bertz CT molecular complexity index is 413. The molecular weight excluding hydrogens is 230 g/mol. The van der Waals surface area contributed by atoms with E-state index in [9.17, 15) is 0 Å². The Morgan fingerprint density at radius 3 is 2.65 bits per heavy atom. The lowest BCUT2D eigenvalue weighted by atomic mass is 10.1. The number of thiophene rings is 1. The van der Waals surface area contributed by atoms with Crippen LogP contribution in [0, 0.1) is 0 Å². The van der Waals surface area contributed by atoms with E-state index >= 15 is 0 Å². The van der Waals surface area contributed by atoms with Gasteiger partial charge in [0.15, 0.2) is 5.06 Å². The fourth-order valence-corrected chi connectivity index (χ4v) is 2.33. The van der Waals surface area contributed by atoms with E-state index in [0.29, 0.717) is 0 Å². The smallest absolute Gasteiger partial charge is 0.174 e. The van der Waals surface area contributed by atoms with Gasteiger partial charge in [0, 0.05) is 6.42 Å². The maximum Gasteiger partial charge on any atom is 0.174 e. The van der Waals surface area contributed by atoms with Gasteiger partial charge in [0.05, 0.1) is 0 Å². The molecule has 0 aliphatic carbocycles. The maximum atomic E-state index is 6.02. The van der Waals surface area contributed by atoms with Gasteiger partial charge >= 0.3 is 0 Å². The Morgan fingerprint density at radius 1 is 1.18 bits per heavy atom. The molecule has 0 aliphatic heterocycles. The Hall–Kier alpha value is -1.32. The molecule has 1 aromatic carbocycles. The first kappa shape index (κ1) is 12.1. The summed E-state index contributed by atoms with van der Waals surface area (Å²) in [6.45, 7) is 0.949. The fourth-order valence-electron chi connectivity index (χ4n) is 1.71. The molecule has 1 aromatic heterocycles. The molecule has 0 saturated carbocycles. The Kier molecular flexibility index (Phi) is 4.59. The summed E-state index contributed by atoms with van der Waals surface area (Å²) in [6.07, 6.45) is 1.10. The van der Waals surface area contributed by atoms with Gasteiger partial charge in [-0.15, -0.1) is 11.3 Å². The zero-order valence-electron chi connectivity index (χ0n) is 9.93. The van der Waals surface area contributed by atoms with Gasteiger partial charge in [0.1, 0.15) is 6.10 Å². The second kappa shape index (κ2) is 6.42. The first-order chi connectivity index (χ1) is 8.40. The topological polar surface area (TPSA) is 21.3 Å². The molecule has 0 fully saturated rings. The zero-order chi connectivity index (χ0) is 11.9. The van der Waals surface area contributed by atoms with Crippen LogP contribution in [0.4, 0.5) is 0 Å². The van der Waals surface area contributed by atoms with Crippen molar-refractivity contribution in [3.05, 3.63) is 53.4 Å². The van der Waals surface area contributed by atoms with Crippen molar-refractivity contribution in [2.75, 3.05) is 13.6 Å². The lowest BCUT2D eigenvalue weighted by molar-refractivity contribution is 0.201. The fraction of sp³-hybridized carbons (Fsp3) is 0.286. The average Bonchev–Trinajstić information content (AvgIpc) is 2.88. The lowest BCUT2D eigenvalue weighted by Crippen LogP contribution is -2.15. The highest BCUT2D eigenvalue weighted by atomic mass is 32.1. The quantitative estimate of drug-likeness (QED) is 0.844. The molecule has 3 heteroatoms. The van der Waals surface area contributed by atoms with Crippen LogP contribution in [0.2, 0.25) is 0 Å². The standard InChI is InChI=1S/C14H17NOS/c1-15-10-9-13(12-6-3-2-4-7-12)16-14-8-5-11-17-14/h2-8,11,13,15H,9-10H2,1H3. The van der Waals surface area contributed by atoms with Crippen molar-refractivity contribution in [1.82, 2.24) is 5.32 Å². The maximum absolute atomic E-state index is 6.02. The third-order valence-electron chi connectivity index (χ3n) is 2.58. The largest absolute Gasteiger partial charge is 0.476 e. The molecule has 1 atom stereocenters. The molecule has 0 spiro atoms. The Morgan fingerprint density at radius 2 is 2.00 bits per heavy atom. The van der Waals surface area contributed by atoms with Crippen LogP contribution in [0.15, 0.2) is 47.8 Å². The van der Waals surface area contributed by atoms with Crippen molar-refractivity contribution >= 4 is 11.3 Å². The molecule has 2 rings (SSSR count).